The molecule has 1 saturated heterocycles. The summed E-state index contributed by atoms with van der Waals surface area (Å²) in [7, 11) is 0. The summed E-state index contributed by atoms with van der Waals surface area (Å²) in [6, 6.07) is 3.66. The molecule has 74 valence electrons. The van der Waals surface area contributed by atoms with Gasteiger partial charge in [0.1, 0.15) is 0 Å². The van der Waals surface area contributed by atoms with E-state index < -0.39 is 0 Å². The number of amides is 2. The van der Waals surface area contributed by atoms with Gasteiger partial charge in [0.2, 0.25) is 0 Å². The van der Waals surface area contributed by atoms with E-state index in [-0.39, 0.29) is 12.1 Å². The van der Waals surface area contributed by atoms with Gasteiger partial charge in [-0.3, -0.25) is 4.98 Å². The first-order chi connectivity index (χ1) is 6.79. The van der Waals surface area contributed by atoms with Gasteiger partial charge in [0.25, 0.3) is 0 Å². The van der Waals surface area contributed by atoms with Gasteiger partial charge in [0, 0.05) is 18.9 Å². The monoisotopic (exact) mass is 191 g/mol. The fraction of sp³-hybridized carbons (Fsp3) is 0.400. The number of nitrogens with two attached hydrogens (primary N) is 1. The van der Waals surface area contributed by atoms with Crippen molar-refractivity contribution in [2.75, 3.05) is 6.54 Å². The highest BCUT2D eigenvalue weighted by Crippen LogP contribution is 2.30. The van der Waals surface area contributed by atoms with Gasteiger partial charge in [-0.15, -0.1) is 0 Å². The highest BCUT2D eigenvalue weighted by molar-refractivity contribution is 5.73. The van der Waals surface area contributed by atoms with Crippen LogP contribution >= 0.6 is 0 Å². The first-order valence-corrected chi connectivity index (χ1v) is 4.75. The quantitative estimate of drug-likeness (QED) is 0.727. The molecule has 1 fully saturated rings. The molecule has 0 radical (unpaired) electrons. The van der Waals surface area contributed by atoms with Crippen molar-refractivity contribution in [3.8, 4) is 0 Å². The maximum Gasteiger partial charge on any atom is 0.315 e. The maximum absolute atomic E-state index is 11.1. The van der Waals surface area contributed by atoms with Crippen LogP contribution in [0, 0.1) is 0 Å². The Morgan fingerprint density at radius 3 is 3.14 bits per heavy atom. The molecule has 2 heterocycles. The number of aromatic nitrogens is 1. The third-order valence-electron chi connectivity index (χ3n) is 2.61. The van der Waals surface area contributed by atoms with Gasteiger partial charge in [-0.2, -0.15) is 0 Å². The number of nitrogens with zero attached hydrogens (tertiary/aromatic N) is 2. The van der Waals surface area contributed by atoms with Crippen molar-refractivity contribution < 1.29 is 4.79 Å². The minimum Gasteiger partial charge on any atom is -0.351 e. The molecule has 1 aromatic heterocycles. The lowest BCUT2D eigenvalue weighted by Gasteiger charge is -2.22. The Hall–Kier alpha value is -1.58. The van der Waals surface area contributed by atoms with Crippen LogP contribution < -0.4 is 5.73 Å². The van der Waals surface area contributed by atoms with Crippen LogP contribution in [0.15, 0.2) is 24.5 Å². The lowest BCUT2D eigenvalue weighted by molar-refractivity contribution is 0.203. The van der Waals surface area contributed by atoms with Crippen LogP contribution in [0.5, 0.6) is 0 Å². The zero-order valence-electron chi connectivity index (χ0n) is 7.89. The molecule has 0 aliphatic carbocycles. The largest absolute Gasteiger partial charge is 0.351 e. The molecular formula is C10H13N3O. The second-order valence-corrected chi connectivity index (χ2v) is 3.48. The molecule has 2 rings (SSSR count). The second-order valence-electron chi connectivity index (χ2n) is 3.48. The van der Waals surface area contributed by atoms with Crippen molar-refractivity contribution in [3.05, 3.63) is 30.1 Å². The number of urea groups is 1. The molecule has 0 bridgehead atoms. The number of primary amides is 1. The van der Waals surface area contributed by atoms with Crippen LogP contribution in [-0.4, -0.2) is 22.5 Å². The van der Waals surface area contributed by atoms with Crippen molar-refractivity contribution in [1.29, 1.82) is 0 Å². The van der Waals surface area contributed by atoms with E-state index in [1.54, 1.807) is 17.3 Å². The maximum atomic E-state index is 11.1. The molecule has 1 aliphatic heterocycles. The molecule has 14 heavy (non-hydrogen) atoms. The molecule has 0 aromatic carbocycles. The lowest BCUT2D eigenvalue weighted by atomic mass is 10.1. The number of likely N-dealkylation sites (tertiary alicyclic amines) is 1. The van der Waals surface area contributed by atoms with E-state index in [0.717, 1.165) is 24.9 Å². The van der Waals surface area contributed by atoms with Crippen molar-refractivity contribution >= 4 is 6.03 Å². The van der Waals surface area contributed by atoms with Crippen molar-refractivity contribution in [2.24, 2.45) is 5.73 Å². The summed E-state index contributed by atoms with van der Waals surface area (Å²) in [5.41, 5.74) is 6.37. The summed E-state index contributed by atoms with van der Waals surface area (Å²) >= 11 is 0. The van der Waals surface area contributed by atoms with Crippen LogP contribution in [0.4, 0.5) is 4.79 Å². The third-order valence-corrected chi connectivity index (χ3v) is 2.61. The zero-order chi connectivity index (χ0) is 9.97. The van der Waals surface area contributed by atoms with Gasteiger partial charge >= 0.3 is 6.03 Å². The second kappa shape index (κ2) is 3.65. The number of hydrogen-bond acceptors (Lipinski definition) is 2. The SMILES string of the molecule is NC(=O)N1CCCC1c1cccnc1. The van der Waals surface area contributed by atoms with Gasteiger partial charge in [0.15, 0.2) is 0 Å². The van der Waals surface area contributed by atoms with E-state index >= 15 is 0 Å². The molecule has 0 saturated carbocycles. The van der Waals surface area contributed by atoms with E-state index in [1.807, 2.05) is 12.1 Å². The predicted molar refractivity (Wildman–Crippen MR) is 52.5 cm³/mol. The van der Waals surface area contributed by atoms with Crippen LogP contribution in [0.25, 0.3) is 0 Å². The average molecular weight is 191 g/mol. The summed E-state index contributed by atoms with van der Waals surface area (Å²) in [6.45, 7) is 0.759. The van der Waals surface area contributed by atoms with E-state index in [9.17, 15) is 4.79 Å². The molecule has 2 N–H and O–H groups in total. The molecule has 4 heteroatoms. The zero-order valence-corrected chi connectivity index (χ0v) is 7.89. The van der Waals surface area contributed by atoms with E-state index in [1.165, 1.54) is 0 Å². The number of carbonyl (C=O) groups excluding carboxylic acids is 1. The summed E-state index contributed by atoms with van der Waals surface area (Å²) in [5, 5.41) is 0. The van der Waals surface area contributed by atoms with Gasteiger partial charge < -0.3 is 10.6 Å². The molecular weight excluding hydrogens is 178 g/mol. The van der Waals surface area contributed by atoms with Gasteiger partial charge in [0.05, 0.1) is 6.04 Å². The molecule has 1 aromatic rings. The standard InChI is InChI=1S/C10H13N3O/c11-10(14)13-6-2-4-9(13)8-3-1-5-12-7-8/h1,3,5,7,9H,2,4,6H2,(H2,11,14). The number of hydrogen-bond donors (Lipinski definition) is 1. The van der Waals surface area contributed by atoms with Crippen LogP contribution in [-0.2, 0) is 0 Å². The van der Waals surface area contributed by atoms with E-state index in [0.29, 0.717) is 0 Å². The molecule has 2 amide bonds. The minimum absolute atomic E-state index is 0.126. The molecule has 1 unspecified atom stereocenters. The smallest absolute Gasteiger partial charge is 0.315 e. The normalized spacial score (nSPS) is 21.1. The topological polar surface area (TPSA) is 59.2 Å². The van der Waals surface area contributed by atoms with E-state index in [2.05, 4.69) is 4.98 Å². The van der Waals surface area contributed by atoms with Crippen molar-refractivity contribution in [2.45, 2.75) is 18.9 Å². The van der Waals surface area contributed by atoms with Gasteiger partial charge in [-0.1, -0.05) is 6.07 Å². The summed E-state index contributed by atoms with van der Waals surface area (Å²) in [4.78, 5) is 16.9. The number of carbonyl (C=O) groups is 1. The highest BCUT2D eigenvalue weighted by Gasteiger charge is 2.28. The van der Waals surface area contributed by atoms with Crippen molar-refractivity contribution in [1.82, 2.24) is 9.88 Å². The van der Waals surface area contributed by atoms with Gasteiger partial charge in [-0.05, 0) is 24.5 Å². The molecule has 4 nitrogen and oxygen atoms in total. The van der Waals surface area contributed by atoms with Gasteiger partial charge in [-0.25, -0.2) is 4.79 Å². The lowest BCUT2D eigenvalue weighted by Crippen LogP contribution is -2.35. The third kappa shape index (κ3) is 1.55. The average Bonchev–Trinajstić information content (AvgIpc) is 2.67. The molecule has 1 atom stereocenters. The summed E-state index contributed by atoms with van der Waals surface area (Å²) in [6.07, 6.45) is 5.52. The van der Waals surface area contributed by atoms with E-state index in [4.69, 9.17) is 5.73 Å². The fourth-order valence-electron chi connectivity index (χ4n) is 1.95. The summed E-state index contributed by atoms with van der Waals surface area (Å²) < 4.78 is 0. The first kappa shape index (κ1) is 8.99. The highest BCUT2D eigenvalue weighted by atomic mass is 16.2. The Labute approximate surface area is 82.7 Å². The van der Waals surface area contributed by atoms with Crippen molar-refractivity contribution in [3.63, 3.8) is 0 Å². The Bertz CT molecular complexity index is 325. The fourth-order valence-corrected chi connectivity index (χ4v) is 1.95. The first-order valence-electron chi connectivity index (χ1n) is 4.75. The number of pyridine rings is 1. The Kier molecular flexibility index (Phi) is 2.35. The van der Waals surface area contributed by atoms with Crippen LogP contribution in [0.1, 0.15) is 24.4 Å². The minimum atomic E-state index is -0.337. The molecule has 1 aliphatic rings. The summed E-state index contributed by atoms with van der Waals surface area (Å²) in [5.74, 6) is 0. The van der Waals surface area contributed by atoms with Crippen LogP contribution in [0.2, 0.25) is 0 Å². The Morgan fingerprint density at radius 1 is 1.64 bits per heavy atom. The number of rotatable bonds is 1. The Balaban J connectivity index is 2.22. The predicted octanol–water partition coefficient (Wildman–Crippen LogP) is 1.30. The Morgan fingerprint density at radius 2 is 2.50 bits per heavy atom. The molecule has 0 spiro atoms. The van der Waals surface area contributed by atoms with Crippen LogP contribution in [0.3, 0.4) is 0 Å².